The second kappa shape index (κ2) is 3.84. The molecule has 14 heavy (non-hydrogen) atoms. The Morgan fingerprint density at radius 3 is 2.93 bits per heavy atom. The maximum Gasteiger partial charge on any atom is 0.133 e. The van der Waals surface area contributed by atoms with Crippen LogP contribution in [0.15, 0.2) is 35.6 Å². The zero-order valence-corrected chi connectivity index (χ0v) is 8.44. The highest BCUT2D eigenvalue weighted by molar-refractivity contribution is 7.98. The number of aromatic amines is 1. The predicted octanol–water partition coefficient (Wildman–Crippen LogP) is 2.94. The first-order valence-electron chi connectivity index (χ1n) is 4.14. The molecule has 0 amide bonds. The fourth-order valence-corrected chi connectivity index (χ4v) is 1.95. The van der Waals surface area contributed by atoms with Crippen molar-refractivity contribution < 1.29 is 4.39 Å². The van der Waals surface area contributed by atoms with Crippen LogP contribution >= 0.6 is 11.8 Å². The van der Waals surface area contributed by atoms with Gasteiger partial charge in [-0.25, -0.2) is 9.37 Å². The molecule has 0 bridgehead atoms. The summed E-state index contributed by atoms with van der Waals surface area (Å²) in [6.45, 7) is 0. The summed E-state index contributed by atoms with van der Waals surface area (Å²) in [4.78, 5) is 7.70. The Balaban J connectivity index is 2.61. The number of hydrogen-bond acceptors (Lipinski definition) is 2. The van der Waals surface area contributed by atoms with Crippen LogP contribution in [-0.4, -0.2) is 16.2 Å². The van der Waals surface area contributed by atoms with Crippen LogP contribution in [-0.2, 0) is 0 Å². The molecule has 0 aliphatic rings. The summed E-state index contributed by atoms with van der Waals surface area (Å²) in [5, 5.41) is 0. The number of benzene rings is 1. The summed E-state index contributed by atoms with van der Waals surface area (Å²) in [5.41, 5.74) is 1.31. The van der Waals surface area contributed by atoms with E-state index in [2.05, 4.69) is 9.97 Å². The normalized spacial score (nSPS) is 10.4. The van der Waals surface area contributed by atoms with Crippen molar-refractivity contribution in [1.82, 2.24) is 9.97 Å². The van der Waals surface area contributed by atoms with Crippen LogP contribution < -0.4 is 0 Å². The topological polar surface area (TPSA) is 28.7 Å². The van der Waals surface area contributed by atoms with Crippen LogP contribution in [0.25, 0.3) is 11.3 Å². The second-order valence-electron chi connectivity index (χ2n) is 2.78. The molecule has 1 N–H and O–H groups in total. The van der Waals surface area contributed by atoms with E-state index < -0.39 is 0 Å². The molecule has 0 saturated heterocycles. The Labute approximate surface area is 85.6 Å². The quantitative estimate of drug-likeness (QED) is 0.769. The smallest absolute Gasteiger partial charge is 0.133 e. The minimum atomic E-state index is -0.221. The standard InChI is InChI=1S/C10H9FN2S/c1-14-9-4-2-3-7(11)10(9)8-5-12-6-13-8/h2-6H,1H3,(H,12,13). The molecule has 1 aromatic heterocycles. The lowest BCUT2D eigenvalue weighted by molar-refractivity contribution is 0.627. The lowest BCUT2D eigenvalue weighted by Crippen LogP contribution is -1.87. The van der Waals surface area contributed by atoms with Crippen molar-refractivity contribution in [3.8, 4) is 11.3 Å². The molecule has 0 saturated carbocycles. The van der Waals surface area contributed by atoms with Crippen LogP contribution in [0.2, 0.25) is 0 Å². The highest BCUT2D eigenvalue weighted by atomic mass is 32.2. The third-order valence-electron chi connectivity index (χ3n) is 1.96. The highest BCUT2D eigenvalue weighted by Gasteiger charge is 2.10. The van der Waals surface area contributed by atoms with Crippen molar-refractivity contribution in [1.29, 1.82) is 0 Å². The van der Waals surface area contributed by atoms with Crippen LogP contribution in [0.5, 0.6) is 0 Å². The molecule has 1 aromatic carbocycles. The van der Waals surface area contributed by atoms with Gasteiger partial charge in [0.25, 0.3) is 0 Å². The van der Waals surface area contributed by atoms with E-state index in [-0.39, 0.29) is 5.82 Å². The van der Waals surface area contributed by atoms with Gasteiger partial charge in [0.1, 0.15) is 5.82 Å². The van der Waals surface area contributed by atoms with Crippen LogP contribution in [0, 0.1) is 5.82 Å². The third kappa shape index (κ3) is 1.53. The molecular formula is C10H9FN2S. The average molecular weight is 208 g/mol. The van der Waals surface area contributed by atoms with Crippen molar-refractivity contribution in [2.75, 3.05) is 6.26 Å². The zero-order valence-electron chi connectivity index (χ0n) is 7.62. The third-order valence-corrected chi connectivity index (χ3v) is 2.74. The largest absolute Gasteiger partial charge is 0.345 e. The van der Waals surface area contributed by atoms with E-state index in [0.717, 1.165) is 4.90 Å². The number of nitrogens with one attached hydrogen (secondary N) is 1. The number of aromatic nitrogens is 2. The number of H-pyrrole nitrogens is 1. The van der Waals surface area contributed by atoms with Gasteiger partial charge in [-0.2, -0.15) is 0 Å². The summed E-state index contributed by atoms with van der Waals surface area (Å²) in [7, 11) is 0. The average Bonchev–Trinajstić information content (AvgIpc) is 2.70. The molecule has 4 heteroatoms. The highest BCUT2D eigenvalue weighted by Crippen LogP contribution is 2.30. The zero-order chi connectivity index (χ0) is 9.97. The second-order valence-corrected chi connectivity index (χ2v) is 3.63. The van der Waals surface area contributed by atoms with Gasteiger partial charge in [0.05, 0.1) is 18.2 Å². The van der Waals surface area contributed by atoms with E-state index in [4.69, 9.17) is 0 Å². The molecule has 2 rings (SSSR count). The minimum Gasteiger partial charge on any atom is -0.345 e. The monoisotopic (exact) mass is 208 g/mol. The number of rotatable bonds is 2. The Hall–Kier alpha value is -1.29. The van der Waals surface area contributed by atoms with Gasteiger partial charge in [0, 0.05) is 10.5 Å². The molecule has 0 fully saturated rings. The number of hydrogen-bond donors (Lipinski definition) is 1. The van der Waals surface area contributed by atoms with Crippen molar-refractivity contribution in [3.63, 3.8) is 0 Å². The van der Waals surface area contributed by atoms with Gasteiger partial charge >= 0.3 is 0 Å². The molecule has 0 radical (unpaired) electrons. The summed E-state index contributed by atoms with van der Waals surface area (Å²) in [5.74, 6) is -0.221. The van der Waals surface area contributed by atoms with Gasteiger partial charge in [-0.1, -0.05) is 6.07 Å². The fraction of sp³-hybridized carbons (Fsp3) is 0.100. The van der Waals surface area contributed by atoms with E-state index in [9.17, 15) is 4.39 Å². The van der Waals surface area contributed by atoms with Crippen LogP contribution in [0.3, 0.4) is 0 Å². The molecule has 72 valence electrons. The van der Waals surface area contributed by atoms with Crippen molar-refractivity contribution in [2.24, 2.45) is 0 Å². The Morgan fingerprint density at radius 2 is 2.29 bits per heavy atom. The fourth-order valence-electron chi connectivity index (χ4n) is 1.33. The molecule has 0 aliphatic heterocycles. The Bertz CT molecular complexity index is 426. The van der Waals surface area contributed by atoms with Crippen LogP contribution in [0.4, 0.5) is 4.39 Å². The maximum absolute atomic E-state index is 13.5. The number of imidazole rings is 1. The van der Waals surface area contributed by atoms with E-state index in [0.29, 0.717) is 11.3 Å². The van der Waals surface area contributed by atoms with Gasteiger partial charge in [0.2, 0.25) is 0 Å². The summed E-state index contributed by atoms with van der Waals surface area (Å²) < 4.78 is 13.5. The predicted molar refractivity (Wildman–Crippen MR) is 55.8 cm³/mol. The van der Waals surface area contributed by atoms with Crippen molar-refractivity contribution in [3.05, 3.63) is 36.5 Å². The Kier molecular flexibility index (Phi) is 2.54. The first-order valence-corrected chi connectivity index (χ1v) is 5.36. The first-order chi connectivity index (χ1) is 6.83. The number of thioether (sulfide) groups is 1. The molecule has 2 aromatic rings. The molecule has 0 unspecified atom stereocenters. The summed E-state index contributed by atoms with van der Waals surface area (Å²) in [6, 6.07) is 5.06. The molecule has 1 heterocycles. The van der Waals surface area contributed by atoms with Gasteiger partial charge < -0.3 is 4.98 Å². The lowest BCUT2D eigenvalue weighted by atomic mass is 10.1. The SMILES string of the molecule is CSc1cccc(F)c1-c1cnc[nH]1. The molecule has 2 nitrogen and oxygen atoms in total. The van der Waals surface area contributed by atoms with E-state index >= 15 is 0 Å². The van der Waals surface area contributed by atoms with Crippen LogP contribution in [0.1, 0.15) is 0 Å². The van der Waals surface area contributed by atoms with Gasteiger partial charge in [0.15, 0.2) is 0 Å². The maximum atomic E-state index is 13.5. The van der Waals surface area contributed by atoms with E-state index in [1.54, 1.807) is 18.6 Å². The summed E-state index contributed by atoms with van der Waals surface area (Å²) >= 11 is 1.52. The molecule has 0 atom stereocenters. The first kappa shape index (κ1) is 9.27. The molecular weight excluding hydrogens is 199 g/mol. The molecule has 0 spiro atoms. The van der Waals surface area contributed by atoms with E-state index in [1.165, 1.54) is 17.8 Å². The van der Waals surface area contributed by atoms with Crippen molar-refractivity contribution in [2.45, 2.75) is 4.90 Å². The van der Waals surface area contributed by atoms with Gasteiger partial charge in [-0.05, 0) is 18.4 Å². The van der Waals surface area contributed by atoms with Gasteiger partial charge in [-0.15, -0.1) is 11.8 Å². The number of nitrogens with zero attached hydrogens (tertiary/aromatic N) is 1. The Morgan fingerprint density at radius 1 is 1.43 bits per heavy atom. The number of halogens is 1. The van der Waals surface area contributed by atoms with E-state index in [1.807, 2.05) is 12.3 Å². The van der Waals surface area contributed by atoms with Crippen molar-refractivity contribution >= 4 is 11.8 Å². The van der Waals surface area contributed by atoms with Gasteiger partial charge in [-0.3, -0.25) is 0 Å². The lowest BCUT2D eigenvalue weighted by Gasteiger charge is -2.05. The summed E-state index contributed by atoms with van der Waals surface area (Å²) in [6.07, 6.45) is 5.10. The minimum absolute atomic E-state index is 0.221. The molecule has 0 aliphatic carbocycles.